The second kappa shape index (κ2) is 3.48. The predicted octanol–water partition coefficient (Wildman–Crippen LogP) is 0.989. The van der Waals surface area contributed by atoms with Crippen LogP contribution in [-0.2, 0) is 10.0 Å². The lowest BCUT2D eigenvalue weighted by atomic mass is 10.2. The topological polar surface area (TPSA) is 86.2 Å². The molecule has 5 nitrogen and oxygen atoms in total. The summed E-state index contributed by atoms with van der Waals surface area (Å²) in [7, 11) is -3.68. The number of sulfonamides is 1. The third-order valence-electron chi connectivity index (χ3n) is 1.88. The van der Waals surface area contributed by atoms with Crippen molar-refractivity contribution in [1.29, 1.82) is 0 Å². The molecule has 0 atom stereocenters. The number of hydrogen-bond acceptors (Lipinski definition) is 4. The van der Waals surface area contributed by atoms with E-state index in [1.807, 2.05) is 0 Å². The smallest absolute Gasteiger partial charge is 0.238 e. The predicted molar refractivity (Wildman–Crippen MR) is 53.3 cm³/mol. The van der Waals surface area contributed by atoms with Crippen LogP contribution in [0.25, 0.3) is 11.3 Å². The van der Waals surface area contributed by atoms with Gasteiger partial charge in [0.05, 0.1) is 11.1 Å². The van der Waals surface area contributed by atoms with E-state index < -0.39 is 10.0 Å². The third kappa shape index (κ3) is 2.05. The van der Waals surface area contributed by atoms with Crippen LogP contribution >= 0.6 is 0 Å². The van der Waals surface area contributed by atoms with Gasteiger partial charge >= 0.3 is 0 Å². The Bertz CT molecular complexity index is 561. The number of nitrogens with two attached hydrogens (primary N) is 1. The number of nitrogens with zero attached hydrogens (tertiary/aromatic N) is 1. The second-order valence-electron chi connectivity index (χ2n) is 2.94. The van der Waals surface area contributed by atoms with Gasteiger partial charge in [-0.1, -0.05) is 12.1 Å². The summed E-state index contributed by atoms with van der Waals surface area (Å²) in [6, 6.07) is 6.18. The van der Waals surface area contributed by atoms with Crippen LogP contribution in [0.3, 0.4) is 0 Å². The Morgan fingerprint density at radius 3 is 2.73 bits per heavy atom. The molecule has 1 aromatic carbocycles. The molecule has 0 radical (unpaired) electrons. The molecule has 15 heavy (non-hydrogen) atoms. The molecule has 0 unspecified atom stereocenters. The largest absolute Gasteiger partial charge is 0.444 e. The fourth-order valence-electron chi connectivity index (χ4n) is 1.18. The number of hydrogen-bond donors (Lipinski definition) is 1. The van der Waals surface area contributed by atoms with E-state index in [2.05, 4.69) is 4.98 Å². The van der Waals surface area contributed by atoms with E-state index >= 15 is 0 Å². The minimum absolute atomic E-state index is 0.0522. The number of benzene rings is 1. The maximum Gasteiger partial charge on any atom is 0.238 e. The molecule has 0 saturated carbocycles. The molecule has 0 bridgehead atoms. The summed E-state index contributed by atoms with van der Waals surface area (Å²) in [5.74, 6) is 0.500. The van der Waals surface area contributed by atoms with Crippen molar-refractivity contribution in [3.8, 4) is 11.3 Å². The zero-order chi connectivity index (χ0) is 10.9. The summed E-state index contributed by atoms with van der Waals surface area (Å²) in [5.41, 5.74) is 0.624. The molecule has 0 aliphatic rings. The van der Waals surface area contributed by atoms with E-state index in [0.717, 1.165) is 0 Å². The van der Waals surface area contributed by atoms with Crippen LogP contribution < -0.4 is 5.14 Å². The quantitative estimate of drug-likeness (QED) is 0.824. The molecular weight excluding hydrogens is 216 g/mol. The van der Waals surface area contributed by atoms with Crippen LogP contribution in [-0.4, -0.2) is 13.4 Å². The molecule has 0 fully saturated rings. The summed E-state index contributed by atoms with van der Waals surface area (Å²) >= 11 is 0. The average Bonchev–Trinajstić information content (AvgIpc) is 2.69. The Labute approximate surface area is 86.6 Å². The highest BCUT2D eigenvalue weighted by Crippen LogP contribution is 2.21. The molecule has 6 heteroatoms. The molecule has 2 aromatic rings. The fraction of sp³-hybridized carbons (Fsp3) is 0. The van der Waals surface area contributed by atoms with Gasteiger partial charge in [0.1, 0.15) is 0 Å². The monoisotopic (exact) mass is 224 g/mol. The average molecular weight is 224 g/mol. The SMILES string of the molecule is NS(=O)(=O)c1cccc(-c2cnco2)c1. The van der Waals surface area contributed by atoms with E-state index in [9.17, 15) is 8.42 Å². The van der Waals surface area contributed by atoms with Gasteiger partial charge in [-0.2, -0.15) is 0 Å². The third-order valence-corrected chi connectivity index (χ3v) is 2.79. The molecule has 0 aliphatic heterocycles. The Kier molecular flexibility index (Phi) is 2.29. The van der Waals surface area contributed by atoms with Gasteiger partial charge in [0.15, 0.2) is 12.2 Å². The Hall–Kier alpha value is -1.66. The van der Waals surface area contributed by atoms with Gasteiger partial charge in [-0.15, -0.1) is 0 Å². The number of oxazole rings is 1. The van der Waals surface area contributed by atoms with Gasteiger partial charge in [0.25, 0.3) is 0 Å². The van der Waals surface area contributed by atoms with Crippen molar-refractivity contribution in [1.82, 2.24) is 4.98 Å². The highest BCUT2D eigenvalue weighted by Gasteiger charge is 2.09. The van der Waals surface area contributed by atoms with Crippen molar-refractivity contribution in [2.45, 2.75) is 4.90 Å². The first-order valence-electron chi connectivity index (χ1n) is 4.09. The summed E-state index contributed by atoms with van der Waals surface area (Å²) < 4.78 is 27.2. The van der Waals surface area contributed by atoms with Gasteiger partial charge in [0.2, 0.25) is 10.0 Å². The van der Waals surface area contributed by atoms with E-state index in [0.29, 0.717) is 11.3 Å². The van der Waals surface area contributed by atoms with E-state index in [1.165, 1.54) is 24.7 Å². The first kappa shape index (κ1) is 9.88. The summed E-state index contributed by atoms with van der Waals surface area (Å²) in [4.78, 5) is 3.80. The summed E-state index contributed by atoms with van der Waals surface area (Å²) in [6.07, 6.45) is 2.78. The van der Waals surface area contributed by atoms with Gasteiger partial charge in [-0.3, -0.25) is 0 Å². The van der Waals surface area contributed by atoms with Gasteiger partial charge < -0.3 is 4.42 Å². The van der Waals surface area contributed by atoms with Gasteiger partial charge in [-0.25, -0.2) is 18.5 Å². The highest BCUT2D eigenvalue weighted by atomic mass is 32.2. The Balaban J connectivity index is 2.53. The van der Waals surface area contributed by atoms with Crippen LogP contribution in [0.4, 0.5) is 0 Å². The van der Waals surface area contributed by atoms with Crippen LogP contribution in [0.5, 0.6) is 0 Å². The standard InChI is InChI=1S/C9H8N2O3S/c10-15(12,13)8-3-1-2-7(4-8)9-5-11-6-14-9/h1-6H,(H2,10,12,13). The van der Waals surface area contributed by atoms with Crippen molar-refractivity contribution >= 4 is 10.0 Å². The van der Waals surface area contributed by atoms with E-state index in [-0.39, 0.29) is 4.90 Å². The normalized spacial score (nSPS) is 11.5. The molecule has 0 saturated heterocycles. The number of aromatic nitrogens is 1. The number of primary sulfonamides is 1. The van der Waals surface area contributed by atoms with E-state index in [1.54, 1.807) is 12.1 Å². The molecule has 0 spiro atoms. The minimum atomic E-state index is -3.68. The summed E-state index contributed by atoms with van der Waals surface area (Å²) in [5, 5.41) is 5.01. The molecule has 2 rings (SSSR count). The maximum absolute atomic E-state index is 11.1. The minimum Gasteiger partial charge on any atom is -0.444 e. The van der Waals surface area contributed by atoms with Crippen molar-refractivity contribution in [2.75, 3.05) is 0 Å². The van der Waals surface area contributed by atoms with Crippen LogP contribution in [0.1, 0.15) is 0 Å². The first-order valence-corrected chi connectivity index (χ1v) is 5.64. The number of rotatable bonds is 2. The molecule has 1 aromatic heterocycles. The van der Waals surface area contributed by atoms with Crippen LogP contribution in [0.15, 0.2) is 46.2 Å². The first-order chi connectivity index (χ1) is 7.07. The summed E-state index contributed by atoms with van der Waals surface area (Å²) in [6.45, 7) is 0. The Morgan fingerprint density at radius 1 is 1.33 bits per heavy atom. The lowest BCUT2D eigenvalue weighted by Crippen LogP contribution is -2.11. The molecule has 1 heterocycles. The lowest BCUT2D eigenvalue weighted by molar-refractivity contribution is 0.571. The van der Waals surface area contributed by atoms with Crippen molar-refractivity contribution in [2.24, 2.45) is 5.14 Å². The zero-order valence-corrected chi connectivity index (χ0v) is 8.44. The van der Waals surface area contributed by atoms with E-state index in [4.69, 9.17) is 9.56 Å². The van der Waals surface area contributed by atoms with Crippen molar-refractivity contribution in [3.05, 3.63) is 36.9 Å². The zero-order valence-electron chi connectivity index (χ0n) is 7.62. The Morgan fingerprint density at radius 2 is 2.13 bits per heavy atom. The second-order valence-corrected chi connectivity index (χ2v) is 4.50. The van der Waals surface area contributed by atoms with Crippen molar-refractivity contribution < 1.29 is 12.8 Å². The van der Waals surface area contributed by atoms with Crippen LogP contribution in [0.2, 0.25) is 0 Å². The maximum atomic E-state index is 11.1. The molecule has 0 amide bonds. The molecule has 0 aliphatic carbocycles. The highest BCUT2D eigenvalue weighted by molar-refractivity contribution is 7.89. The molecular formula is C9H8N2O3S. The van der Waals surface area contributed by atoms with Crippen LogP contribution in [0, 0.1) is 0 Å². The van der Waals surface area contributed by atoms with Gasteiger partial charge in [-0.05, 0) is 12.1 Å². The molecule has 2 N–H and O–H groups in total. The van der Waals surface area contributed by atoms with Crippen molar-refractivity contribution in [3.63, 3.8) is 0 Å². The van der Waals surface area contributed by atoms with Gasteiger partial charge in [0, 0.05) is 5.56 Å². The lowest BCUT2D eigenvalue weighted by Gasteiger charge is -2.00. The fourth-order valence-corrected chi connectivity index (χ4v) is 1.74. The molecule has 78 valence electrons.